The van der Waals surface area contributed by atoms with E-state index in [0.717, 1.165) is 39.3 Å². The van der Waals surface area contributed by atoms with Crippen LogP contribution in [0, 0.1) is 18.8 Å². The molecule has 2 fully saturated rings. The first-order valence-corrected chi connectivity index (χ1v) is 9.28. The van der Waals surface area contributed by atoms with Crippen molar-refractivity contribution in [1.82, 2.24) is 24.5 Å². The van der Waals surface area contributed by atoms with E-state index in [4.69, 9.17) is 0 Å². The highest BCUT2D eigenvalue weighted by Crippen LogP contribution is 2.26. The summed E-state index contributed by atoms with van der Waals surface area (Å²) < 4.78 is 1.94. The maximum Gasteiger partial charge on any atom is 0.0537 e. The summed E-state index contributed by atoms with van der Waals surface area (Å²) in [4.78, 5) is 7.53. The Labute approximate surface area is 146 Å². The topological polar surface area (TPSA) is 47.8 Å². The van der Waals surface area contributed by atoms with E-state index in [0.29, 0.717) is 18.4 Å². The Bertz CT molecular complexity index is 531. The minimum atomic E-state index is 0.306. The summed E-state index contributed by atoms with van der Waals surface area (Å²) in [6.45, 7) is 11.3. The SMILES string of the molecule is Cc1c(CN2C[C@@H](CN3CCCN(C)CC3)[C@@H](CO)C2)cnn1C. The molecule has 136 valence electrons. The first kappa shape index (κ1) is 17.9. The fourth-order valence-corrected chi connectivity index (χ4v) is 4.13. The Morgan fingerprint density at radius 3 is 2.58 bits per heavy atom. The van der Waals surface area contributed by atoms with E-state index in [1.807, 2.05) is 17.9 Å². The third-order valence-electron chi connectivity index (χ3n) is 5.92. The molecule has 0 radical (unpaired) electrons. The van der Waals surface area contributed by atoms with Crippen molar-refractivity contribution < 1.29 is 5.11 Å². The molecule has 0 aromatic carbocycles. The first-order chi connectivity index (χ1) is 11.6. The Kier molecular flexibility index (Phi) is 5.92. The van der Waals surface area contributed by atoms with E-state index in [1.165, 1.54) is 30.8 Å². The first-order valence-electron chi connectivity index (χ1n) is 9.28. The van der Waals surface area contributed by atoms with Gasteiger partial charge in [-0.2, -0.15) is 5.10 Å². The Hall–Kier alpha value is -0.950. The number of nitrogens with zero attached hydrogens (tertiary/aromatic N) is 5. The molecule has 1 N–H and O–H groups in total. The van der Waals surface area contributed by atoms with Gasteiger partial charge < -0.3 is 14.9 Å². The highest BCUT2D eigenvalue weighted by atomic mass is 16.3. The molecule has 0 bridgehead atoms. The van der Waals surface area contributed by atoms with Gasteiger partial charge in [-0.15, -0.1) is 0 Å². The second-order valence-corrected chi connectivity index (χ2v) is 7.73. The number of hydrogen-bond donors (Lipinski definition) is 1. The Morgan fingerprint density at radius 1 is 1.08 bits per heavy atom. The van der Waals surface area contributed by atoms with Gasteiger partial charge in [-0.3, -0.25) is 9.58 Å². The zero-order valence-corrected chi connectivity index (χ0v) is 15.5. The molecule has 1 aromatic heterocycles. The van der Waals surface area contributed by atoms with Crippen molar-refractivity contribution >= 4 is 0 Å². The molecule has 2 aliphatic heterocycles. The summed E-state index contributed by atoms with van der Waals surface area (Å²) in [7, 11) is 4.21. The predicted molar refractivity (Wildman–Crippen MR) is 95.8 cm³/mol. The fraction of sp³-hybridized carbons (Fsp3) is 0.833. The lowest BCUT2D eigenvalue weighted by atomic mass is 9.96. The molecule has 0 unspecified atom stereocenters. The van der Waals surface area contributed by atoms with Crippen LogP contribution in [0.15, 0.2) is 6.20 Å². The molecule has 0 spiro atoms. The molecule has 2 aliphatic rings. The van der Waals surface area contributed by atoms with Crippen LogP contribution < -0.4 is 0 Å². The Morgan fingerprint density at radius 2 is 1.88 bits per heavy atom. The smallest absolute Gasteiger partial charge is 0.0537 e. The third kappa shape index (κ3) is 4.17. The van der Waals surface area contributed by atoms with Gasteiger partial charge in [0.15, 0.2) is 0 Å². The molecule has 6 heteroatoms. The van der Waals surface area contributed by atoms with Gasteiger partial charge >= 0.3 is 0 Å². The van der Waals surface area contributed by atoms with Crippen LogP contribution in [0.3, 0.4) is 0 Å². The van der Waals surface area contributed by atoms with Gasteiger partial charge in [0, 0.05) is 64.2 Å². The second-order valence-electron chi connectivity index (χ2n) is 7.73. The maximum atomic E-state index is 9.84. The molecule has 6 nitrogen and oxygen atoms in total. The van der Waals surface area contributed by atoms with Crippen molar-refractivity contribution in [2.45, 2.75) is 19.9 Å². The van der Waals surface area contributed by atoms with Crippen LogP contribution in [0.4, 0.5) is 0 Å². The zero-order valence-electron chi connectivity index (χ0n) is 15.5. The van der Waals surface area contributed by atoms with Crippen LogP contribution in [0.2, 0.25) is 0 Å². The number of aliphatic hydroxyl groups excluding tert-OH is 1. The summed E-state index contributed by atoms with van der Waals surface area (Å²) >= 11 is 0. The normalized spacial score (nSPS) is 27.7. The third-order valence-corrected chi connectivity index (χ3v) is 5.92. The second kappa shape index (κ2) is 7.95. The van der Waals surface area contributed by atoms with Crippen LogP contribution in [0.25, 0.3) is 0 Å². The van der Waals surface area contributed by atoms with Crippen LogP contribution in [0.5, 0.6) is 0 Å². The summed E-state index contributed by atoms with van der Waals surface area (Å²) in [5, 5.41) is 14.2. The highest BCUT2D eigenvalue weighted by Gasteiger charge is 2.33. The van der Waals surface area contributed by atoms with E-state index < -0.39 is 0 Å². The van der Waals surface area contributed by atoms with Crippen molar-refractivity contribution in [1.29, 1.82) is 0 Å². The number of rotatable bonds is 5. The van der Waals surface area contributed by atoms with Gasteiger partial charge in [-0.25, -0.2) is 0 Å². The van der Waals surface area contributed by atoms with Crippen molar-refractivity contribution in [2.24, 2.45) is 18.9 Å². The molecule has 1 aromatic rings. The number of hydrogen-bond acceptors (Lipinski definition) is 5. The van der Waals surface area contributed by atoms with E-state index in [9.17, 15) is 5.11 Å². The summed E-state index contributed by atoms with van der Waals surface area (Å²) in [6, 6.07) is 0. The van der Waals surface area contributed by atoms with Gasteiger partial charge in [0.05, 0.1) is 6.20 Å². The number of aromatic nitrogens is 2. The molecule has 2 saturated heterocycles. The molecule has 0 aliphatic carbocycles. The molecular weight excluding hydrogens is 302 g/mol. The van der Waals surface area contributed by atoms with Gasteiger partial charge in [0.2, 0.25) is 0 Å². The van der Waals surface area contributed by atoms with Crippen molar-refractivity contribution in [3.63, 3.8) is 0 Å². The molecule has 0 amide bonds. The molecule has 0 saturated carbocycles. The molecule has 2 atom stereocenters. The zero-order chi connectivity index (χ0) is 17.1. The molecule has 24 heavy (non-hydrogen) atoms. The highest BCUT2D eigenvalue weighted by molar-refractivity contribution is 5.16. The largest absolute Gasteiger partial charge is 0.396 e. The minimum absolute atomic E-state index is 0.306. The van der Waals surface area contributed by atoms with E-state index in [1.54, 1.807) is 0 Å². The standard InChI is InChI=1S/C18H33N5O/c1-15-16(9-19-21(15)3)10-23-12-17(18(13-23)14-24)11-22-6-4-5-20(2)7-8-22/h9,17-18,24H,4-8,10-14H2,1-3H3/t17-,18-/m1/s1. The van der Waals surface area contributed by atoms with Crippen LogP contribution in [-0.4, -0.2) is 89.1 Å². The monoisotopic (exact) mass is 335 g/mol. The van der Waals surface area contributed by atoms with Crippen LogP contribution in [-0.2, 0) is 13.6 Å². The number of likely N-dealkylation sites (N-methyl/N-ethyl adjacent to an activating group) is 1. The van der Waals surface area contributed by atoms with Crippen molar-refractivity contribution in [3.05, 3.63) is 17.5 Å². The molecular formula is C18H33N5O. The lowest BCUT2D eigenvalue weighted by molar-refractivity contribution is 0.165. The van der Waals surface area contributed by atoms with Gasteiger partial charge in [-0.1, -0.05) is 0 Å². The predicted octanol–water partition coefficient (Wildman–Crippen LogP) is 0.406. The van der Waals surface area contributed by atoms with E-state index >= 15 is 0 Å². The molecule has 3 rings (SSSR count). The number of aryl methyl sites for hydroxylation is 1. The van der Waals surface area contributed by atoms with Gasteiger partial charge in [-0.05, 0) is 45.3 Å². The van der Waals surface area contributed by atoms with Crippen molar-refractivity contribution in [2.75, 3.05) is 59.5 Å². The maximum absolute atomic E-state index is 9.84. The molecule has 3 heterocycles. The van der Waals surface area contributed by atoms with E-state index in [2.05, 4.69) is 33.8 Å². The number of aliphatic hydroxyl groups is 1. The van der Waals surface area contributed by atoms with Crippen molar-refractivity contribution in [3.8, 4) is 0 Å². The summed E-state index contributed by atoms with van der Waals surface area (Å²) in [5.41, 5.74) is 2.56. The average Bonchev–Trinajstić information content (AvgIpc) is 3.01. The fourth-order valence-electron chi connectivity index (χ4n) is 4.13. The lowest BCUT2D eigenvalue weighted by Crippen LogP contribution is -2.36. The van der Waals surface area contributed by atoms with E-state index in [-0.39, 0.29) is 0 Å². The average molecular weight is 335 g/mol. The van der Waals surface area contributed by atoms with Crippen LogP contribution >= 0.6 is 0 Å². The lowest BCUT2D eigenvalue weighted by Gasteiger charge is -2.26. The number of likely N-dealkylation sites (tertiary alicyclic amines) is 1. The summed E-state index contributed by atoms with van der Waals surface area (Å²) in [5.74, 6) is 0.985. The van der Waals surface area contributed by atoms with Crippen LogP contribution in [0.1, 0.15) is 17.7 Å². The summed E-state index contributed by atoms with van der Waals surface area (Å²) in [6.07, 6.45) is 3.24. The van der Waals surface area contributed by atoms with Gasteiger partial charge in [0.1, 0.15) is 0 Å². The quantitative estimate of drug-likeness (QED) is 0.844. The minimum Gasteiger partial charge on any atom is -0.396 e. The Balaban J connectivity index is 1.57. The van der Waals surface area contributed by atoms with Gasteiger partial charge in [0.25, 0.3) is 0 Å².